The van der Waals surface area contributed by atoms with E-state index in [9.17, 15) is 5.11 Å². The number of benzene rings is 1. The molecule has 0 saturated heterocycles. The Hall–Kier alpha value is -1.02. The van der Waals surface area contributed by atoms with Gasteiger partial charge in [-0.1, -0.05) is 37.5 Å². The van der Waals surface area contributed by atoms with Gasteiger partial charge in [0, 0.05) is 6.42 Å². The van der Waals surface area contributed by atoms with Gasteiger partial charge in [0.25, 0.3) is 0 Å². The van der Waals surface area contributed by atoms with Crippen molar-refractivity contribution in [2.45, 2.75) is 38.2 Å². The Bertz CT molecular complexity index is 293. The normalized spacial score (nSPS) is 17.8. The fourth-order valence-corrected chi connectivity index (χ4v) is 2.06. The van der Waals surface area contributed by atoms with Gasteiger partial charge in [-0.3, -0.25) is 0 Å². The fraction of sp³-hybridized carbons (Fsp3) is 0.571. The van der Waals surface area contributed by atoms with Gasteiger partial charge in [-0.05, 0) is 24.5 Å². The second-order valence-corrected chi connectivity index (χ2v) is 4.64. The lowest BCUT2D eigenvalue weighted by molar-refractivity contribution is 0.0946. The molecule has 2 rings (SSSR count). The largest absolute Gasteiger partial charge is 0.493 e. The predicted octanol–water partition coefficient (Wildman–Crippen LogP) is 3.01. The summed E-state index contributed by atoms with van der Waals surface area (Å²) in [7, 11) is 0. The summed E-state index contributed by atoms with van der Waals surface area (Å²) in [6.07, 6.45) is 5.46. The first-order valence-corrected chi connectivity index (χ1v) is 6.20. The summed E-state index contributed by atoms with van der Waals surface area (Å²) >= 11 is 0. The van der Waals surface area contributed by atoms with E-state index in [4.69, 9.17) is 4.74 Å². The molecule has 1 unspecified atom stereocenters. The molecule has 0 bridgehead atoms. The van der Waals surface area contributed by atoms with Crippen molar-refractivity contribution in [3.05, 3.63) is 30.3 Å². The van der Waals surface area contributed by atoms with Gasteiger partial charge in [0.15, 0.2) is 0 Å². The molecule has 1 fully saturated rings. The standard InChI is InChI=1S/C14H20O2/c15-13(11-12-5-4-6-12)9-10-16-14-7-2-1-3-8-14/h1-3,7-8,12-13,15H,4-6,9-11H2. The number of hydrogen-bond acceptors (Lipinski definition) is 2. The first kappa shape index (κ1) is 11.5. The molecule has 0 aliphatic heterocycles. The Balaban J connectivity index is 1.60. The number of rotatable bonds is 6. The second kappa shape index (κ2) is 5.90. The van der Waals surface area contributed by atoms with E-state index in [0.717, 1.165) is 24.5 Å². The number of ether oxygens (including phenoxy) is 1. The highest BCUT2D eigenvalue weighted by molar-refractivity contribution is 5.20. The maximum Gasteiger partial charge on any atom is 0.119 e. The van der Waals surface area contributed by atoms with Crippen LogP contribution >= 0.6 is 0 Å². The van der Waals surface area contributed by atoms with Crippen LogP contribution in [0.15, 0.2) is 30.3 Å². The molecule has 2 heteroatoms. The molecular formula is C14H20O2. The highest BCUT2D eigenvalue weighted by Crippen LogP contribution is 2.30. The summed E-state index contributed by atoms with van der Waals surface area (Å²) in [4.78, 5) is 0. The quantitative estimate of drug-likeness (QED) is 0.798. The fourth-order valence-electron chi connectivity index (χ4n) is 2.06. The van der Waals surface area contributed by atoms with Gasteiger partial charge in [0.2, 0.25) is 0 Å². The van der Waals surface area contributed by atoms with Crippen LogP contribution in [0, 0.1) is 5.92 Å². The highest BCUT2D eigenvalue weighted by Gasteiger charge is 2.20. The summed E-state index contributed by atoms with van der Waals surface area (Å²) in [5.41, 5.74) is 0. The van der Waals surface area contributed by atoms with E-state index >= 15 is 0 Å². The third kappa shape index (κ3) is 3.53. The molecular weight excluding hydrogens is 200 g/mol. The van der Waals surface area contributed by atoms with Gasteiger partial charge in [-0.2, -0.15) is 0 Å². The SMILES string of the molecule is OC(CCOc1ccccc1)CC1CCC1. The van der Waals surface area contributed by atoms with Crippen molar-refractivity contribution >= 4 is 0 Å². The topological polar surface area (TPSA) is 29.5 Å². The van der Waals surface area contributed by atoms with E-state index in [1.54, 1.807) is 0 Å². The average Bonchev–Trinajstić information content (AvgIpc) is 2.25. The number of hydrogen-bond donors (Lipinski definition) is 1. The molecule has 16 heavy (non-hydrogen) atoms. The van der Waals surface area contributed by atoms with Crippen LogP contribution in [0.25, 0.3) is 0 Å². The van der Waals surface area contributed by atoms with Crippen LogP contribution in [0.1, 0.15) is 32.1 Å². The lowest BCUT2D eigenvalue weighted by atomic mass is 9.81. The Morgan fingerprint density at radius 1 is 1.25 bits per heavy atom. The second-order valence-electron chi connectivity index (χ2n) is 4.64. The van der Waals surface area contributed by atoms with Crippen molar-refractivity contribution in [2.75, 3.05) is 6.61 Å². The van der Waals surface area contributed by atoms with E-state index in [2.05, 4.69) is 0 Å². The van der Waals surface area contributed by atoms with E-state index in [1.165, 1.54) is 19.3 Å². The van der Waals surface area contributed by atoms with Crippen LogP contribution in [0.4, 0.5) is 0 Å². The van der Waals surface area contributed by atoms with Crippen LogP contribution in [-0.2, 0) is 0 Å². The number of para-hydroxylation sites is 1. The zero-order valence-electron chi connectivity index (χ0n) is 9.64. The zero-order valence-corrected chi connectivity index (χ0v) is 9.64. The molecule has 1 saturated carbocycles. The van der Waals surface area contributed by atoms with Gasteiger partial charge in [0.1, 0.15) is 5.75 Å². The molecule has 1 atom stereocenters. The van der Waals surface area contributed by atoms with Crippen LogP contribution in [0.5, 0.6) is 5.75 Å². The lowest BCUT2D eigenvalue weighted by Gasteiger charge is -2.27. The summed E-state index contributed by atoms with van der Waals surface area (Å²) < 4.78 is 5.55. The Morgan fingerprint density at radius 3 is 2.62 bits per heavy atom. The van der Waals surface area contributed by atoms with E-state index in [-0.39, 0.29) is 6.10 Å². The molecule has 0 amide bonds. The van der Waals surface area contributed by atoms with Crippen molar-refractivity contribution in [3.63, 3.8) is 0 Å². The maximum atomic E-state index is 9.78. The van der Waals surface area contributed by atoms with Crippen molar-refractivity contribution < 1.29 is 9.84 Å². The summed E-state index contributed by atoms with van der Waals surface area (Å²) in [5.74, 6) is 1.66. The zero-order chi connectivity index (χ0) is 11.2. The Morgan fingerprint density at radius 2 is 2.00 bits per heavy atom. The van der Waals surface area contributed by atoms with Crippen LogP contribution < -0.4 is 4.74 Å². The van der Waals surface area contributed by atoms with E-state index in [1.807, 2.05) is 30.3 Å². The third-order valence-electron chi connectivity index (χ3n) is 3.29. The number of aliphatic hydroxyl groups is 1. The molecule has 1 aromatic rings. The first-order chi connectivity index (χ1) is 7.84. The highest BCUT2D eigenvalue weighted by atomic mass is 16.5. The van der Waals surface area contributed by atoms with Gasteiger partial charge in [-0.15, -0.1) is 0 Å². The summed E-state index contributed by atoms with van der Waals surface area (Å²) in [6, 6.07) is 9.77. The van der Waals surface area contributed by atoms with E-state index < -0.39 is 0 Å². The van der Waals surface area contributed by atoms with Crippen LogP contribution in [0.3, 0.4) is 0 Å². The predicted molar refractivity (Wildman–Crippen MR) is 64.5 cm³/mol. The molecule has 2 nitrogen and oxygen atoms in total. The van der Waals surface area contributed by atoms with Gasteiger partial charge >= 0.3 is 0 Å². The molecule has 0 spiro atoms. The molecule has 1 aromatic carbocycles. The molecule has 1 aliphatic carbocycles. The maximum absolute atomic E-state index is 9.78. The van der Waals surface area contributed by atoms with Crippen molar-refractivity contribution in [1.82, 2.24) is 0 Å². The average molecular weight is 220 g/mol. The van der Waals surface area contributed by atoms with Crippen molar-refractivity contribution in [1.29, 1.82) is 0 Å². The summed E-state index contributed by atoms with van der Waals surface area (Å²) in [6.45, 7) is 0.609. The smallest absolute Gasteiger partial charge is 0.119 e. The third-order valence-corrected chi connectivity index (χ3v) is 3.29. The van der Waals surface area contributed by atoms with Gasteiger partial charge < -0.3 is 9.84 Å². The van der Waals surface area contributed by atoms with E-state index in [0.29, 0.717) is 6.61 Å². The molecule has 0 radical (unpaired) electrons. The molecule has 1 N–H and O–H groups in total. The number of aliphatic hydroxyl groups excluding tert-OH is 1. The minimum atomic E-state index is -0.186. The minimum Gasteiger partial charge on any atom is -0.493 e. The summed E-state index contributed by atoms with van der Waals surface area (Å²) in [5, 5.41) is 9.78. The van der Waals surface area contributed by atoms with Gasteiger partial charge in [0.05, 0.1) is 12.7 Å². The Labute approximate surface area is 97.3 Å². The minimum absolute atomic E-state index is 0.186. The monoisotopic (exact) mass is 220 g/mol. The van der Waals surface area contributed by atoms with Crippen molar-refractivity contribution in [3.8, 4) is 5.75 Å². The molecule has 0 heterocycles. The van der Waals surface area contributed by atoms with Crippen LogP contribution in [-0.4, -0.2) is 17.8 Å². The Kier molecular flexibility index (Phi) is 4.23. The van der Waals surface area contributed by atoms with Crippen LogP contribution in [0.2, 0.25) is 0 Å². The molecule has 0 aromatic heterocycles. The van der Waals surface area contributed by atoms with Crippen molar-refractivity contribution in [2.24, 2.45) is 5.92 Å². The molecule has 88 valence electrons. The molecule has 1 aliphatic rings. The first-order valence-electron chi connectivity index (χ1n) is 6.20. The lowest BCUT2D eigenvalue weighted by Crippen LogP contribution is -2.20. The van der Waals surface area contributed by atoms with Gasteiger partial charge in [-0.25, -0.2) is 0 Å².